The maximum absolute atomic E-state index is 12.9. The molecule has 0 unspecified atom stereocenters. The monoisotopic (exact) mass is 492 g/mol. The molecule has 1 aliphatic rings. The number of halogens is 1. The third kappa shape index (κ3) is 4.55. The van der Waals surface area contributed by atoms with Gasteiger partial charge in [0.25, 0.3) is 11.8 Å². The number of aromatic hydroxyl groups is 1. The van der Waals surface area contributed by atoms with Gasteiger partial charge < -0.3 is 9.84 Å². The minimum atomic E-state index is -0.853. The van der Waals surface area contributed by atoms with Crippen molar-refractivity contribution >= 4 is 45.5 Å². The molecule has 0 aromatic heterocycles. The molecule has 3 aromatic rings. The first-order valence-electron chi connectivity index (χ1n) is 9.59. The molecule has 3 aromatic carbocycles. The highest BCUT2D eigenvalue weighted by Gasteiger charge is 2.36. The number of imide groups is 2. The number of carbonyl (C=O) groups excluding carboxylic acids is 3. The first-order chi connectivity index (χ1) is 15.4. The molecule has 160 valence electrons. The second-order valence-electron chi connectivity index (χ2n) is 6.94. The van der Waals surface area contributed by atoms with Crippen LogP contribution in [-0.2, 0) is 16.2 Å². The number of phenols is 1. The number of nitrogens with one attached hydrogen (secondary N) is 1. The van der Waals surface area contributed by atoms with Gasteiger partial charge in [-0.3, -0.25) is 14.9 Å². The Labute approximate surface area is 192 Å². The lowest BCUT2D eigenvalue weighted by Crippen LogP contribution is -2.54. The molecule has 32 heavy (non-hydrogen) atoms. The molecular formula is C24H17BrN2O5. The second-order valence-corrected chi connectivity index (χ2v) is 7.79. The molecule has 0 aliphatic carbocycles. The number of hydrogen-bond donors (Lipinski definition) is 2. The lowest BCUT2D eigenvalue weighted by atomic mass is 10.1. The van der Waals surface area contributed by atoms with Gasteiger partial charge >= 0.3 is 6.03 Å². The summed E-state index contributed by atoms with van der Waals surface area (Å²) < 4.78 is 6.47. The number of anilines is 1. The molecule has 1 aliphatic heterocycles. The number of urea groups is 1. The van der Waals surface area contributed by atoms with Crippen molar-refractivity contribution in [3.05, 3.63) is 94.0 Å². The fraction of sp³-hybridized carbons (Fsp3) is 0.0417. The molecule has 8 heteroatoms. The first kappa shape index (κ1) is 21.3. The van der Waals surface area contributed by atoms with Crippen LogP contribution in [-0.4, -0.2) is 23.0 Å². The van der Waals surface area contributed by atoms with Crippen molar-refractivity contribution in [2.24, 2.45) is 0 Å². The molecule has 0 atom stereocenters. The highest BCUT2D eigenvalue weighted by Crippen LogP contribution is 2.29. The van der Waals surface area contributed by atoms with Crippen molar-refractivity contribution in [3.8, 4) is 11.5 Å². The summed E-state index contributed by atoms with van der Waals surface area (Å²) in [5.74, 6) is -0.943. The Bertz CT molecular complexity index is 1220. The third-order valence-electron chi connectivity index (χ3n) is 4.71. The second kappa shape index (κ2) is 9.07. The van der Waals surface area contributed by atoms with E-state index < -0.39 is 17.8 Å². The molecule has 4 rings (SSSR count). The van der Waals surface area contributed by atoms with Crippen LogP contribution in [0.1, 0.15) is 11.1 Å². The van der Waals surface area contributed by atoms with Crippen LogP contribution in [0.4, 0.5) is 10.5 Å². The first-order valence-corrected chi connectivity index (χ1v) is 10.4. The van der Waals surface area contributed by atoms with Gasteiger partial charge in [-0.1, -0.05) is 36.4 Å². The standard InChI is InChI=1S/C24H17BrN2O5/c25-20-13-16(6-11-21(20)32-14-15-4-2-1-3-5-15)12-19-22(29)26-24(31)27(23(19)30)17-7-9-18(28)10-8-17/h1-13,28H,14H2,(H,26,29,31)/b19-12-. The highest BCUT2D eigenvalue weighted by molar-refractivity contribution is 9.10. The van der Waals surface area contributed by atoms with Crippen molar-refractivity contribution in [1.29, 1.82) is 0 Å². The Morgan fingerprint density at radius 3 is 2.38 bits per heavy atom. The number of ether oxygens (including phenoxy) is 1. The third-order valence-corrected chi connectivity index (χ3v) is 5.33. The highest BCUT2D eigenvalue weighted by atomic mass is 79.9. The number of carbonyl (C=O) groups is 3. The zero-order valence-electron chi connectivity index (χ0n) is 16.6. The predicted molar refractivity (Wildman–Crippen MR) is 122 cm³/mol. The van der Waals surface area contributed by atoms with E-state index in [1.165, 1.54) is 30.3 Å². The van der Waals surface area contributed by atoms with Gasteiger partial charge in [-0.25, -0.2) is 9.69 Å². The van der Waals surface area contributed by atoms with Crippen LogP contribution in [0.3, 0.4) is 0 Å². The number of barbiturate groups is 1. The zero-order valence-corrected chi connectivity index (χ0v) is 18.2. The molecule has 1 saturated heterocycles. The van der Waals surface area contributed by atoms with E-state index in [4.69, 9.17) is 4.74 Å². The van der Waals surface area contributed by atoms with E-state index in [0.717, 1.165) is 10.5 Å². The summed E-state index contributed by atoms with van der Waals surface area (Å²) in [4.78, 5) is 38.4. The molecule has 2 N–H and O–H groups in total. The summed E-state index contributed by atoms with van der Waals surface area (Å²) in [7, 11) is 0. The Balaban J connectivity index is 1.57. The minimum absolute atomic E-state index is 0.00937. The summed E-state index contributed by atoms with van der Waals surface area (Å²) >= 11 is 3.45. The maximum Gasteiger partial charge on any atom is 0.335 e. The Hall–Kier alpha value is -3.91. The molecule has 4 amide bonds. The summed E-state index contributed by atoms with van der Waals surface area (Å²) in [5.41, 5.74) is 1.63. The van der Waals surface area contributed by atoms with Crippen LogP contribution >= 0.6 is 15.9 Å². The number of nitrogens with zero attached hydrogens (tertiary/aromatic N) is 1. The molecule has 0 radical (unpaired) electrons. The summed E-state index contributed by atoms with van der Waals surface area (Å²) in [6.07, 6.45) is 1.41. The molecular weight excluding hydrogens is 476 g/mol. The van der Waals surface area contributed by atoms with Gasteiger partial charge in [0.15, 0.2) is 0 Å². The van der Waals surface area contributed by atoms with Crippen molar-refractivity contribution in [2.45, 2.75) is 6.61 Å². The van der Waals surface area contributed by atoms with E-state index in [1.807, 2.05) is 30.3 Å². The molecule has 0 spiro atoms. The quantitative estimate of drug-likeness (QED) is 0.406. The average Bonchev–Trinajstić information content (AvgIpc) is 2.78. The van der Waals surface area contributed by atoms with Gasteiger partial charge in [0.2, 0.25) is 0 Å². The summed E-state index contributed by atoms with van der Waals surface area (Å²) in [6.45, 7) is 0.393. The van der Waals surface area contributed by atoms with E-state index in [2.05, 4.69) is 21.2 Å². The van der Waals surface area contributed by atoms with Gasteiger partial charge in [-0.15, -0.1) is 0 Å². The Morgan fingerprint density at radius 1 is 0.969 bits per heavy atom. The fourth-order valence-corrected chi connectivity index (χ4v) is 3.63. The van der Waals surface area contributed by atoms with Crippen molar-refractivity contribution in [1.82, 2.24) is 5.32 Å². The number of amides is 4. The van der Waals surface area contributed by atoms with Crippen LogP contribution in [0.15, 0.2) is 82.8 Å². The molecule has 0 bridgehead atoms. The van der Waals surface area contributed by atoms with E-state index in [1.54, 1.807) is 18.2 Å². The van der Waals surface area contributed by atoms with Gasteiger partial charge in [-0.05, 0) is 69.5 Å². The minimum Gasteiger partial charge on any atom is -0.508 e. The van der Waals surface area contributed by atoms with Gasteiger partial charge in [0.05, 0.1) is 10.2 Å². The van der Waals surface area contributed by atoms with E-state index >= 15 is 0 Å². The molecule has 1 fully saturated rings. The van der Waals surface area contributed by atoms with Crippen LogP contribution in [0.25, 0.3) is 6.08 Å². The fourth-order valence-electron chi connectivity index (χ4n) is 3.12. The van der Waals surface area contributed by atoms with Gasteiger partial charge in [0, 0.05) is 0 Å². The number of phenolic OH excluding ortho intramolecular Hbond substituents is 1. The maximum atomic E-state index is 12.9. The number of hydrogen-bond acceptors (Lipinski definition) is 5. The topological polar surface area (TPSA) is 95.9 Å². The normalized spacial score (nSPS) is 15.1. The molecule has 7 nitrogen and oxygen atoms in total. The number of benzene rings is 3. The van der Waals surface area contributed by atoms with E-state index in [-0.39, 0.29) is 17.0 Å². The van der Waals surface area contributed by atoms with Crippen molar-refractivity contribution in [3.63, 3.8) is 0 Å². The van der Waals surface area contributed by atoms with Crippen LogP contribution < -0.4 is 15.0 Å². The lowest BCUT2D eigenvalue weighted by molar-refractivity contribution is -0.122. The molecule has 1 heterocycles. The van der Waals surface area contributed by atoms with Crippen LogP contribution in [0.2, 0.25) is 0 Å². The lowest BCUT2D eigenvalue weighted by Gasteiger charge is -2.26. The van der Waals surface area contributed by atoms with Crippen molar-refractivity contribution < 1.29 is 24.2 Å². The molecule has 0 saturated carbocycles. The van der Waals surface area contributed by atoms with Gasteiger partial charge in [-0.2, -0.15) is 0 Å². The summed E-state index contributed by atoms with van der Waals surface area (Å²) in [5, 5.41) is 11.6. The Kier molecular flexibility index (Phi) is 6.04. The Morgan fingerprint density at radius 2 is 1.69 bits per heavy atom. The SMILES string of the molecule is O=C1NC(=O)N(c2ccc(O)cc2)C(=O)/C1=C\c1ccc(OCc2ccccc2)c(Br)c1. The van der Waals surface area contributed by atoms with Gasteiger partial charge in [0.1, 0.15) is 23.7 Å². The van der Waals surface area contributed by atoms with Crippen molar-refractivity contribution in [2.75, 3.05) is 4.90 Å². The largest absolute Gasteiger partial charge is 0.508 e. The van der Waals surface area contributed by atoms with Crippen LogP contribution in [0, 0.1) is 0 Å². The van der Waals surface area contributed by atoms with E-state index in [0.29, 0.717) is 22.4 Å². The summed E-state index contributed by atoms with van der Waals surface area (Å²) in [6, 6.07) is 19.5. The zero-order chi connectivity index (χ0) is 22.7. The van der Waals surface area contributed by atoms with E-state index in [9.17, 15) is 19.5 Å². The number of rotatable bonds is 5. The van der Waals surface area contributed by atoms with Crippen LogP contribution in [0.5, 0.6) is 11.5 Å². The average molecular weight is 493 g/mol. The smallest absolute Gasteiger partial charge is 0.335 e. The predicted octanol–water partition coefficient (Wildman–Crippen LogP) is 4.40.